The molecule has 6 fully saturated rings. The predicted octanol–water partition coefficient (Wildman–Crippen LogP) is 4.79. The van der Waals surface area contributed by atoms with Crippen LogP contribution in [0.2, 0.25) is 0 Å². The van der Waals surface area contributed by atoms with Crippen LogP contribution in [0.4, 0.5) is 11.5 Å². The van der Waals surface area contributed by atoms with Gasteiger partial charge in [-0.05, 0) is 99.5 Å². The van der Waals surface area contributed by atoms with Gasteiger partial charge in [0.2, 0.25) is 11.8 Å². The van der Waals surface area contributed by atoms with Crippen molar-refractivity contribution < 1.29 is 23.9 Å². The molecule has 0 radical (unpaired) electrons. The maximum Gasteiger partial charge on any atom is 0.262 e. The number of hydrogen-bond donors (Lipinski definition) is 2. The van der Waals surface area contributed by atoms with E-state index in [1.807, 2.05) is 66.7 Å². The number of aromatic nitrogens is 4. The fourth-order valence-corrected chi connectivity index (χ4v) is 12.0. The molecule has 12 rings (SSSR count). The van der Waals surface area contributed by atoms with E-state index in [9.17, 15) is 19.2 Å². The number of carbonyl (C=O) groups is 4. The smallest absolute Gasteiger partial charge is 0.262 e. The molecule has 3 unspecified atom stereocenters. The summed E-state index contributed by atoms with van der Waals surface area (Å²) in [5.41, 5.74) is 10.9. The summed E-state index contributed by atoms with van der Waals surface area (Å²) in [6, 6.07) is 24.3. The summed E-state index contributed by atoms with van der Waals surface area (Å²) in [7, 11) is 0. The van der Waals surface area contributed by atoms with Gasteiger partial charge in [-0.3, -0.25) is 34.3 Å². The predicted molar refractivity (Wildman–Crippen MR) is 225 cm³/mol. The number of para-hydroxylation sites is 1. The molecule has 0 saturated carbocycles. The van der Waals surface area contributed by atoms with Crippen molar-refractivity contribution in [1.82, 2.24) is 39.8 Å². The normalized spacial score (nSPS) is 27.9. The van der Waals surface area contributed by atoms with Crippen LogP contribution in [0.3, 0.4) is 0 Å². The van der Waals surface area contributed by atoms with E-state index < -0.39 is 23.8 Å². The Morgan fingerprint density at radius 3 is 2.23 bits per heavy atom. The fraction of sp³-hybridized carbons (Fsp3) is 0.413. The van der Waals surface area contributed by atoms with Gasteiger partial charge >= 0.3 is 0 Å². The number of imide groups is 2. The summed E-state index contributed by atoms with van der Waals surface area (Å²) in [5.74, 6) is 0.648. The lowest BCUT2D eigenvalue weighted by Crippen LogP contribution is -2.86. The number of hydrogen-bond acceptors (Lipinski definition) is 12. The molecule has 5 aromatic rings. The fourth-order valence-electron chi connectivity index (χ4n) is 12.0. The van der Waals surface area contributed by atoms with E-state index in [0.717, 1.165) is 83.4 Å². The third kappa shape index (κ3) is 5.66. The Morgan fingerprint density at radius 2 is 1.49 bits per heavy atom. The third-order valence-corrected chi connectivity index (χ3v) is 15.0. The van der Waals surface area contributed by atoms with Crippen LogP contribution in [0, 0.1) is 5.92 Å². The maximum atomic E-state index is 13.4. The second kappa shape index (κ2) is 13.7. The van der Waals surface area contributed by atoms with E-state index in [4.69, 9.17) is 20.6 Å². The Bertz CT molecular complexity index is 2620. The van der Waals surface area contributed by atoms with Gasteiger partial charge in [0, 0.05) is 73.4 Å². The molecule has 0 aliphatic carbocycles. The molecule has 310 valence electrons. The number of rotatable bonds is 8. The van der Waals surface area contributed by atoms with Gasteiger partial charge in [0.1, 0.15) is 35.4 Å². The lowest BCUT2D eigenvalue weighted by molar-refractivity contribution is -0.257. The number of benzene rings is 3. The topological polar surface area (TPSA) is 172 Å². The molecule has 7 aliphatic heterocycles. The summed E-state index contributed by atoms with van der Waals surface area (Å²) in [6.45, 7) is 3.92. The van der Waals surface area contributed by atoms with Crippen LogP contribution in [0.25, 0.3) is 22.3 Å². The number of nitrogens with two attached hydrogens (primary N) is 1. The highest BCUT2D eigenvalue weighted by Crippen LogP contribution is 2.62. The summed E-state index contributed by atoms with van der Waals surface area (Å²) in [5, 5.41) is 8.22. The first-order valence-electron chi connectivity index (χ1n) is 21.7. The van der Waals surface area contributed by atoms with Crippen molar-refractivity contribution in [1.29, 1.82) is 0 Å². The summed E-state index contributed by atoms with van der Waals surface area (Å²) in [4.78, 5) is 68.8. The van der Waals surface area contributed by atoms with Crippen LogP contribution in [0.1, 0.15) is 78.1 Å². The Labute approximate surface area is 351 Å². The van der Waals surface area contributed by atoms with Crippen molar-refractivity contribution in [3.63, 3.8) is 0 Å². The molecule has 7 aliphatic rings. The van der Waals surface area contributed by atoms with Crippen LogP contribution in [-0.4, -0.2) is 114 Å². The second-order valence-corrected chi connectivity index (χ2v) is 18.1. The second-order valence-electron chi connectivity index (χ2n) is 18.1. The van der Waals surface area contributed by atoms with E-state index in [0.29, 0.717) is 41.0 Å². The zero-order valence-electron chi connectivity index (χ0n) is 33.7. The van der Waals surface area contributed by atoms with Crippen LogP contribution in [0.5, 0.6) is 11.5 Å². The number of nitrogen functional groups attached to an aromatic ring is 1. The molecule has 0 spiro atoms. The van der Waals surface area contributed by atoms with Crippen molar-refractivity contribution >= 4 is 46.2 Å². The molecule has 15 heteroatoms. The molecule has 3 aromatic carbocycles. The van der Waals surface area contributed by atoms with Gasteiger partial charge in [0.15, 0.2) is 5.65 Å². The maximum absolute atomic E-state index is 13.4. The Kier molecular flexibility index (Phi) is 8.21. The van der Waals surface area contributed by atoms with Gasteiger partial charge in [-0.1, -0.05) is 18.2 Å². The zero-order valence-corrected chi connectivity index (χ0v) is 33.7. The van der Waals surface area contributed by atoms with E-state index in [2.05, 4.69) is 29.7 Å². The lowest BCUT2D eigenvalue weighted by Gasteiger charge is -2.78. The number of likely N-dealkylation sites (tertiary alicyclic amines) is 1. The Hall–Kier alpha value is -6.19. The molecule has 3 atom stereocenters. The quantitative estimate of drug-likeness (QED) is 0.206. The molecule has 2 aromatic heterocycles. The molecule has 15 nitrogen and oxygen atoms in total. The van der Waals surface area contributed by atoms with E-state index in [1.54, 1.807) is 6.07 Å². The average molecular weight is 819 g/mol. The zero-order chi connectivity index (χ0) is 41.1. The summed E-state index contributed by atoms with van der Waals surface area (Å²) >= 11 is 0. The average Bonchev–Trinajstić information content (AvgIpc) is 3.74. The lowest BCUT2D eigenvalue weighted by atomic mass is 9.53. The van der Waals surface area contributed by atoms with Crippen molar-refractivity contribution in [3.8, 4) is 22.8 Å². The molecule has 3 N–H and O–H groups in total. The van der Waals surface area contributed by atoms with E-state index in [1.165, 1.54) is 32.0 Å². The Morgan fingerprint density at radius 1 is 0.770 bits per heavy atom. The minimum absolute atomic E-state index is 0.104. The minimum Gasteiger partial charge on any atom is -0.457 e. The monoisotopic (exact) mass is 818 g/mol. The van der Waals surface area contributed by atoms with Crippen molar-refractivity contribution in [3.05, 3.63) is 90.3 Å². The van der Waals surface area contributed by atoms with Crippen LogP contribution in [0.15, 0.2) is 79.1 Å². The van der Waals surface area contributed by atoms with Gasteiger partial charge in [0.25, 0.3) is 11.8 Å². The molecular weight excluding hydrogens is 773 g/mol. The number of nitrogens with one attached hydrogen (secondary N) is 1. The van der Waals surface area contributed by atoms with E-state index >= 15 is 0 Å². The number of anilines is 2. The van der Waals surface area contributed by atoms with Gasteiger partial charge < -0.3 is 20.3 Å². The first kappa shape index (κ1) is 36.6. The van der Waals surface area contributed by atoms with Gasteiger partial charge in [-0.15, -0.1) is 0 Å². The van der Waals surface area contributed by atoms with Gasteiger partial charge in [-0.2, -0.15) is 5.10 Å². The Balaban J connectivity index is 0.666. The number of amides is 4. The van der Waals surface area contributed by atoms with Gasteiger partial charge in [-0.25, -0.2) is 14.6 Å². The largest absolute Gasteiger partial charge is 0.457 e. The summed E-state index contributed by atoms with van der Waals surface area (Å²) in [6.07, 6.45) is 8.71. The summed E-state index contributed by atoms with van der Waals surface area (Å²) < 4.78 is 8.13. The molecule has 4 amide bonds. The van der Waals surface area contributed by atoms with Crippen LogP contribution in [-0.2, 0) is 9.59 Å². The number of ether oxygens (including phenoxy) is 1. The molecule has 0 bridgehead atoms. The SMILES string of the molecule is Nc1ncnc2c1c(-c1ccc(Oc3ccccc3)cc1)nn2C1CCN(C2CC3CC4(C5CN(c6ccc7c(c6)C(=O)N(C6CCC(=O)NC6=O)C7=O)C5)CC(C2)N34)CC1. The van der Waals surface area contributed by atoms with Crippen molar-refractivity contribution in [2.24, 2.45) is 5.92 Å². The van der Waals surface area contributed by atoms with Gasteiger partial charge in [0.05, 0.1) is 22.6 Å². The number of carbonyl (C=O) groups excluding carboxylic acids is 4. The van der Waals surface area contributed by atoms with Crippen molar-refractivity contribution in [2.45, 2.75) is 87.1 Å². The van der Waals surface area contributed by atoms with Crippen molar-refractivity contribution in [2.75, 3.05) is 36.8 Å². The molecule has 6 saturated heterocycles. The molecular formula is C46H46N10O5. The molecule has 61 heavy (non-hydrogen) atoms. The van der Waals surface area contributed by atoms with E-state index in [-0.39, 0.29) is 30.3 Å². The first-order valence-corrected chi connectivity index (χ1v) is 21.7. The number of nitrogens with zero attached hydrogens (tertiary/aromatic N) is 8. The third-order valence-electron chi connectivity index (χ3n) is 15.0. The van der Waals surface area contributed by atoms with Crippen LogP contribution < -0.4 is 20.7 Å². The van der Waals surface area contributed by atoms with Crippen LogP contribution >= 0.6 is 0 Å². The first-order chi connectivity index (χ1) is 29.7. The highest BCUT2D eigenvalue weighted by Gasteiger charge is 2.69. The number of fused-ring (bicyclic) bond motifs is 2. The number of piperidine rings is 4. The highest BCUT2D eigenvalue weighted by atomic mass is 16.5. The minimum atomic E-state index is -0.959. The molecule has 9 heterocycles. The highest BCUT2D eigenvalue weighted by molar-refractivity contribution is 6.23. The standard InChI is InChI=1S/C46H46N10O5/c47-41-39-40(26-6-9-34(10-7-26)61-33-4-2-1-3-5-33)51-56(42(39)49-25-48-41)28-14-16-52(17-15-28)30-18-31-21-46(22-32(19-30)55(31)46)27-23-53(24-27)29-8-11-35-36(20-29)45(60)54(44(35)59)37-12-13-38(57)50-43(37)58/h1-11,20,25,27-28,30-32,37H,12-19,21-24H2,(H2,47,48,49)(H,50,57,58).